The Bertz CT molecular complexity index is 3350. The van der Waals surface area contributed by atoms with Crippen LogP contribution in [0.5, 0.6) is 23.0 Å². The lowest BCUT2D eigenvalue weighted by Gasteiger charge is -2.39. The average Bonchev–Trinajstić information content (AvgIpc) is 3.88. The van der Waals surface area contributed by atoms with Gasteiger partial charge in [0, 0.05) is 55.2 Å². The van der Waals surface area contributed by atoms with Crippen LogP contribution in [0.15, 0.2) is 168 Å². The highest BCUT2D eigenvalue weighted by molar-refractivity contribution is 7.33. The quantitative estimate of drug-likeness (QED) is 0.167. The standard InChI is InChI=1S/C52H32B2N2O3S/c1-6-24-42-35(17-1)50-51(59-42)53-37-19-3-5-21-39(37)55(40-22-11-27-45(58-50)47(40)53)33-15-9-13-31(29-33)32-14-10-16-34(30-32)56-41-23-12-26-44-48(41)54(38-20-4-7-25-43(38)57-44)52-49(56)36-18-2-8-28-46(36)60-52/h1-5,7-23,25-30H,6,24H2. The van der Waals surface area contributed by atoms with E-state index in [-0.39, 0.29) is 13.4 Å². The number of hydrogen-bond donors (Lipinski definition) is 0. The van der Waals surface area contributed by atoms with Gasteiger partial charge in [-0.3, -0.25) is 0 Å². The van der Waals surface area contributed by atoms with Crippen molar-refractivity contribution < 1.29 is 13.9 Å². The van der Waals surface area contributed by atoms with Crippen molar-refractivity contribution >= 4 is 107 Å². The van der Waals surface area contributed by atoms with Gasteiger partial charge in [0.1, 0.15) is 28.7 Å². The van der Waals surface area contributed by atoms with Crippen LogP contribution in [0.1, 0.15) is 17.7 Å². The normalized spacial score (nSPS) is 14.6. The lowest BCUT2D eigenvalue weighted by molar-refractivity contribution is 0.473. The van der Waals surface area contributed by atoms with Crippen LogP contribution in [-0.4, -0.2) is 13.4 Å². The molecule has 0 radical (unpaired) electrons. The van der Waals surface area contributed by atoms with Gasteiger partial charge in [0.2, 0.25) is 0 Å². The van der Waals surface area contributed by atoms with Crippen LogP contribution in [-0.2, 0) is 6.42 Å². The minimum Gasteiger partial charge on any atom is -0.471 e. The SMILES string of the molecule is C1=Cc2c(oc3c2Oc2cccc4c2B3c2ccccc2N4c2cccc(-c3cccc(N4c5cccc6c5B(c5ccccc5O6)c5sc6ccccc6c54)c3)c2)CC1. The molecule has 0 atom stereocenters. The monoisotopic (exact) mass is 786 g/mol. The van der Waals surface area contributed by atoms with Gasteiger partial charge in [-0.05, 0) is 101 Å². The van der Waals surface area contributed by atoms with Crippen molar-refractivity contribution in [3.8, 4) is 34.1 Å². The zero-order chi connectivity index (χ0) is 39.1. The number of ether oxygens (including phenoxy) is 2. The summed E-state index contributed by atoms with van der Waals surface area (Å²) in [6.45, 7) is 0.0310. The number of benzene rings is 7. The maximum atomic E-state index is 6.76. The number of aryl methyl sites for hydroxylation is 1. The highest BCUT2D eigenvalue weighted by Gasteiger charge is 2.46. The molecule has 9 aromatic rings. The summed E-state index contributed by atoms with van der Waals surface area (Å²) in [4.78, 5) is 4.87. The maximum absolute atomic E-state index is 6.76. The van der Waals surface area contributed by atoms with Gasteiger partial charge in [0.15, 0.2) is 5.75 Å². The van der Waals surface area contributed by atoms with Crippen molar-refractivity contribution in [2.24, 2.45) is 0 Å². The van der Waals surface area contributed by atoms with E-state index in [4.69, 9.17) is 13.9 Å². The summed E-state index contributed by atoms with van der Waals surface area (Å²) in [6.07, 6.45) is 6.26. The number of fused-ring (bicyclic) bond motifs is 12. The van der Waals surface area contributed by atoms with Crippen LogP contribution in [0.3, 0.4) is 0 Å². The minimum atomic E-state index is -0.0592. The summed E-state index contributed by atoms with van der Waals surface area (Å²) < 4.78 is 22.7. The van der Waals surface area contributed by atoms with Gasteiger partial charge in [0.05, 0.1) is 11.3 Å². The first-order chi connectivity index (χ1) is 29.8. The average molecular weight is 787 g/mol. The van der Waals surface area contributed by atoms with Gasteiger partial charge in [-0.1, -0.05) is 103 Å². The van der Waals surface area contributed by atoms with Gasteiger partial charge in [-0.25, -0.2) is 0 Å². The largest absolute Gasteiger partial charge is 0.471 e. The molecule has 0 spiro atoms. The van der Waals surface area contributed by atoms with Crippen molar-refractivity contribution in [1.29, 1.82) is 0 Å². The summed E-state index contributed by atoms with van der Waals surface area (Å²) >= 11 is 1.90. The molecule has 8 heteroatoms. The van der Waals surface area contributed by atoms with Gasteiger partial charge in [-0.2, -0.15) is 0 Å². The van der Waals surface area contributed by atoms with E-state index in [1.165, 1.54) is 36.9 Å². The molecule has 6 heterocycles. The molecule has 2 aromatic heterocycles. The fraction of sp³-hybridized carbons (Fsp3) is 0.0385. The molecule has 0 bridgehead atoms. The molecule has 14 rings (SSSR count). The highest BCUT2D eigenvalue weighted by atomic mass is 32.1. The van der Waals surface area contributed by atoms with Crippen LogP contribution >= 0.6 is 11.3 Å². The summed E-state index contributed by atoms with van der Waals surface area (Å²) in [5.74, 6) is 4.62. The van der Waals surface area contributed by atoms with E-state index >= 15 is 0 Å². The van der Waals surface area contributed by atoms with E-state index in [9.17, 15) is 0 Å². The Kier molecular flexibility index (Phi) is 6.66. The topological polar surface area (TPSA) is 38.1 Å². The van der Waals surface area contributed by atoms with Crippen LogP contribution in [0.25, 0.3) is 27.3 Å². The van der Waals surface area contributed by atoms with Crippen molar-refractivity contribution in [2.45, 2.75) is 12.8 Å². The summed E-state index contributed by atoms with van der Waals surface area (Å²) in [5.41, 5.74) is 15.9. The Morgan fingerprint density at radius 1 is 0.550 bits per heavy atom. The Morgan fingerprint density at radius 2 is 1.20 bits per heavy atom. The van der Waals surface area contributed by atoms with E-state index in [1.54, 1.807) is 0 Å². The first kappa shape index (κ1) is 32.8. The molecular formula is C52H32B2N2O3S. The lowest BCUT2D eigenvalue weighted by atomic mass is 9.36. The number of nitrogens with zero attached hydrogens (tertiary/aromatic N) is 2. The molecule has 0 amide bonds. The third kappa shape index (κ3) is 4.43. The van der Waals surface area contributed by atoms with Crippen molar-refractivity contribution in [3.05, 3.63) is 175 Å². The molecule has 0 saturated carbocycles. The van der Waals surface area contributed by atoms with E-state index in [2.05, 4.69) is 180 Å². The first-order valence-electron chi connectivity index (χ1n) is 20.7. The molecule has 4 aliphatic heterocycles. The number of hydrogen-bond acceptors (Lipinski definition) is 6. The van der Waals surface area contributed by atoms with E-state index in [0.29, 0.717) is 0 Å². The van der Waals surface area contributed by atoms with Crippen molar-refractivity contribution in [3.63, 3.8) is 0 Å². The Morgan fingerprint density at radius 3 is 2.05 bits per heavy atom. The Balaban J connectivity index is 0.910. The molecule has 0 N–H and O–H groups in total. The number of furan rings is 1. The third-order valence-electron chi connectivity index (χ3n) is 13.0. The molecular weight excluding hydrogens is 754 g/mol. The van der Waals surface area contributed by atoms with Crippen LogP contribution in [0.4, 0.5) is 34.1 Å². The second kappa shape index (κ2) is 12.2. The third-order valence-corrected chi connectivity index (χ3v) is 14.2. The van der Waals surface area contributed by atoms with Gasteiger partial charge < -0.3 is 23.7 Å². The number of rotatable bonds is 3. The zero-order valence-electron chi connectivity index (χ0n) is 32.3. The number of para-hydroxylation sites is 2. The number of allylic oxidation sites excluding steroid dienone is 1. The first-order valence-corrected chi connectivity index (χ1v) is 21.5. The molecule has 7 aromatic carbocycles. The van der Waals surface area contributed by atoms with Gasteiger partial charge in [0.25, 0.3) is 6.71 Å². The predicted molar refractivity (Wildman–Crippen MR) is 249 cm³/mol. The smallest absolute Gasteiger partial charge is 0.301 e. The molecule has 0 unspecified atom stereocenters. The Hall–Kier alpha value is -7.15. The predicted octanol–water partition coefficient (Wildman–Crippen LogP) is 9.93. The molecule has 5 nitrogen and oxygen atoms in total. The molecule has 1 aliphatic carbocycles. The fourth-order valence-corrected chi connectivity index (χ4v) is 11.8. The maximum Gasteiger partial charge on any atom is 0.301 e. The second-order valence-electron chi connectivity index (χ2n) is 16.2. The molecule has 0 saturated heterocycles. The van der Waals surface area contributed by atoms with Crippen LogP contribution in [0.2, 0.25) is 0 Å². The minimum absolute atomic E-state index is 0.0592. The van der Waals surface area contributed by atoms with Gasteiger partial charge >= 0.3 is 6.71 Å². The van der Waals surface area contributed by atoms with Crippen LogP contribution in [0, 0.1) is 0 Å². The van der Waals surface area contributed by atoms with E-state index in [0.717, 1.165) is 97.8 Å². The number of thiophene rings is 1. The molecule has 5 aliphatic rings. The summed E-state index contributed by atoms with van der Waals surface area (Å²) in [5, 5.41) is 1.26. The number of anilines is 6. The van der Waals surface area contributed by atoms with E-state index < -0.39 is 0 Å². The molecule has 0 fully saturated rings. The lowest BCUT2D eigenvalue weighted by Crippen LogP contribution is -2.59. The summed E-state index contributed by atoms with van der Waals surface area (Å²) in [7, 11) is 0. The van der Waals surface area contributed by atoms with Crippen molar-refractivity contribution in [1.82, 2.24) is 0 Å². The van der Waals surface area contributed by atoms with Crippen molar-refractivity contribution in [2.75, 3.05) is 9.80 Å². The second-order valence-corrected chi connectivity index (χ2v) is 17.3. The fourth-order valence-electron chi connectivity index (χ4n) is 10.5. The zero-order valence-corrected chi connectivity index (χ0v) is 33.1. The van der Waals surface area contributed by atoms with Crippen LogP contribution < -0.4 is 51.6 Å². The highest BCUT2D eigenvalue weighted by Crippen LogP contribution is 2.47. The van der Waals surface area contributed by atoms with Gasteiger partial charge in [-0.15, -0.1) is 11.3 Å². The molecule has 60 heavy (non-hydrogen) atoms. The summed E-state index contributed by atoms with van der Waals surface area (Å²) in [6, 6.07) is 57.1. The molecule has 280 valence electrons. The Labute approximate surface area is 351 Å². The van der Waals surface area contributed by atoms with E-state index in [1.807, 2.05) is 11.3 Å².